The van der Waals surface area contributed by atoms with Gasteiger partial charge < -0.3 is 13.7 Å². The van der Waals surface area contributed by atoms with Crippen molar-refractivity contribution < 1.29 is 0 Å². The molecule has 0 fully saturated rings. The number of fused-ring (bicyclic) bond motifs is 9. The van der Waals surface area contributed by atoms with Crippen LogP contribution < -0.4 is 0 Å². The molecule has 4 heterocycles. The Hall–Kier alpha value is -7.42. The fraction of sp³-hybridized carbons (Fsp3) is 0. The monoisotopic (exact) mass is 675 g/mol. The van der Waals surface area contributed by atoms with Gasteiger partial charge in [-0.1, -0.05) is 109 Å². The van der Waals surface area contributed by atoms with Gasteiger partial charge >= 0.3 is 0 Å². The van der Waals surface area contributed by atoms with E-state index in [1.807, 2.05) is 6.20 Å². The lowest BCUT2D eigenvalue weighted by Crippen LogP contribution is -2.04. The molecule has 0 amide bonds. The molecule has 0 radical (unpaired) electrons. The van der Waals surface area contributed by atoms with Crippen LogP contribution in [-0.2, 0) is 0 Å². The predicted octanol–water partition coefficient (Wildman–Crippen LogP) is 12.6. The van der Waals surface area contributed by atoms with Crippen molar-refractivity contribution >= 4 is 71.1 Å². The van der Waals surface area contributed by atoms with Gasteiger partial charge in [-0.2, -0.15) is 0 Å². The number of para-hydroxylation sites is 6. The zero-order valence-electron chi connectivity index (χ0n) is 28.5. The van der Waals surface area contributed by atoms with Crippen molar-refractivity contribution in [2.24, 2.45) is 0 Å². The zero-order valence-corrected chi connectivity index (χ0v) is 28.5. The van der Waals surface area contributed by atoms with Crippen LogP contribution in [0.25, 0.3) is 98.6 Å². The molecule has 11 aromatic rings. The minimum Gasteiger partial charge on any atom is -0.309 e. The molecule has 0 atom stereocenters. The molecule has 11 rings (SSSR count). The maximum Gasteiger partial charge on any atom is 0.198 e. The molecule has 0 bridgehead atoms. The minimum atomic E-state index is 0.540. The number of nitrogens with zero attached hydrogens (tertiary/aromatic N) is 5. The van der Waals surface area contributed by atoms with Crippen molar-refractivity contribution in [3.63, 3.8) is 0 Å². The van der Waals surface area contributed by atoms with Crippen LogP contribution in [0.4, 0.5) is 5.69 Å². The zero-order chi connectivity index (χ0) is 35.0. The molecule has 7 aromatic carbocycles. The average Bonchev–Trinajstić information content (AvgIpc) is 3.86. The van der Waals surface area contributed by atoms with Crippen LogP contribution in [0, 0.1) is 6.57 Å². The molecule has 0 aliphatic rings. The van der Waals surface area contributed by atoms with Crippen LogP contribution in [0.1, 0.15) is 0 Å². The normalized spacial score (nSPS) is 11.8. The number of hydrogen-bond donors (Lipinski definition) is 0. The molecular weight excluding hydrogens is 647 g/mol. The maximum atomic E-state index is 8.57. The SMILES string of the molecule is [C-]#[N+]c1cc(-n2c3ccccc3c3ccccc32)c(-n2c3ccccc3c3ccccc32)cc1-c1cc(-n2c3ccccc3c3ccccc32)ccn1. The summed E-state index contributed by atoms with van der Waals surface area (Å²) in [4.78, 5) is 9.15. The Balaban J connectivity index is 1.25. The standard InChI is InChI=1S/C48H29N5/c1-49-39-30-48(53-45-24-12-6-18-36(45)37-19-7-13-25-46(37)53)47(52-43-22-10-4-16-34(43)35-17-5-11-23-44(35)52)29-38(39)40-28-31(26-27-50-40)51-41-20-8-2-14-32(41)33-15-3-9-21-42(33)51/h2-30H. The van der Waals surface area contributed by atoms with E-state index in [2.05, 4.69) is 188 Å². The van der Waals surface area contributed by atoms with Gasteiger partial charge in [0.2, 0.25) is 0 Å². The molecular formula is C48H29N5. The Kier molecular flexibility index (Phi) is 6.25. The van der Waals surface area contributed by atoms with Crippen molar-refractivity contribution in [1.29, 1.82) is 0 Å². The van der Waals surface area contributed by atoms with Crippen molar-refractivity contribution in [3.05, 3.63) is 187 Å². The Morgan fingerprint density at radius 3 is 1.15 bits per heavy atom. The highest BCUT2D eigenvalue weighted by Crippen LogP contribution is 2.43. The Bertz CT molecular complexity index is 3150. The third-order valence-corrected chi connectivity index (χ3v) is 10.7. The highest BCUT2D eigenvalue weighted by Gasteiger charge is 2.23. The van der Waals surface area contributed by atoms with E-state index in [1.54, 1.807) is 0 Å². The maximum absolute atomic E-state index is 8.57. The molecule has 53 heavy (non-hydrogen) atoms. The highest BCUT2D eigenvalue weighted by atomic mass is 15.1. The first-order valence-electron chi connectivity index (χ1n) is 17.8. The largest absolute Gasteiger partial charge is 0.309 e. The third kappa shape index (κ3) is 4.21. The fourth-order valence-electron chi connectivity index (χ4n) is 8.49. The van der Waals surface area contributed by atoms with Gasteiger partial charge in [0.05, 0.1) is 56.7 Å². The summed E-state index contributed by atoms with van der Waals surface area (Å²) in [5.74, 6) is 0. The first-order valence-corrected chi connectivity index (χ1v) is 17.8. The number of benzene rings is 7. The second kappa shape index (κ2) is 11.3. The van der Waals surface area contributed by atoms with Crippen LogP contribution >= 0.6 is 0 Å². The second-order valence-corrected chi connectivity index (χ2v) is 13.5. The molecule has 0 unspecified atom stereocenters. The third-order valence-electron chi connectivity index (χ3n) is 10.7. The summed E-state index contributed by atoms with van der Waals surface area (Å²) in [5, 5.41) is 7.10. The van der Waals surface area contributed by atoms with E-state index in [-0.39, 0.29) is 0 Å². The van der Waals surface area contributed by atoms with Crippen LogP contribution in [-0.4, -0.2) is 18.7 Å². The summed E-state index contributed by atoms with van der Waals surface area (Å²) in [6.07, 6.45) is 1.86. The van der Waals surface area contributed by atoms with Crippen LogP contribution in [0.2, 0.25) is 0 Å². The Morgan fingerprint density at radius 1 is 0.396 bits per heavy atom. The van der Waals surface area contributed by atoms with E-state index >= 15 is 0 Å². The van der Waals surface area contributed by atoms with Gasteiger partial charge in [0, 0.05) is 49.8 Å². The van der Waals surface area contributed by atoms with Crippen molar-refractivity contribution in [2.45, 2.75) is 0 Å². The lowest BCUT2D eigenvalue weighted by Gasteiger charge is -2.19. The summed E-state index contributed by atoms with van der Waals surface area (Å²) in [6, 6.07) is 59.7. The molecule has 5 nitrogen and oxygen atoms in total. The smallest absolute Gasteiger partial charge is 0.198 e. The minimum absolute atomic E-state index is 0.540. The average molecular weight is 676 g/mol. The van der Waals surface area contributed by atoms with Crippen molar-refractivity contribution in [1.82, 2.24) is 18.7 Å². The summed E-state index contributed by atoms with van der Waals surface area (Å²) in [7, 11) is 0. The van der Waals surface area contributed by atoms with Gasteiger partial charge in [-0.3, -0.25) is 4.98 Å². The van der Waals surface area contributed by atoms with Gasteiger partial charge in [-0.05, 0) is 60.7 Å². The number of hydrogen-bond acceptors (Lipinski definition) is 1. The Labute approximate surface area is 304 Å². The molecule has 0 aliphatic carbocycles. The van der Waals surface area contributed by atoms with Gasteiger partial charge in [-0.25, -0.2) is 4.85 Å². The molecule has 0 saturated carbocycles. The first kappa shape index (κ1) is 29.3. The fourth-order valence-corrected chi connectivity index (χ4v) is 8.49. The molecule has 0 spiro atoms. The van der Waals surface area contributed by atoms with E-state index in [0.29, 0.717) is 5.69 Å². The number of aromatic nitrogens is 4. The molecule has 0 N–H and O–H groups in total. The lowest BCUT2D eigenvalue weighted by molar-refractivity contribution is 1.10. The summed E-state index contributed by atoms with van der Waals surface area (Å²) < 4.78 is 6.98. The van der Waals surface area contributed by atoms with Gasteiger partial charge in [0.25, 0.3) is 0 Å². The first-order chi connectivity index (χ1) is 26.3. The number of rotatable bonds is 4. The summed E-state index contributed by atoms with van der Waals surface area (Å²) in [6.45, 7) is 8.57. The summed E-state index contributed by atoms with van der Waals surface area (Å²) in [5.41, 5.74) is 11.6. The quantitative estimate of drug-likeness (QED) is 0.171. The van der Waals surface area contributed by atoms with E-state index in [4.69, 9.17) is 11.6 Å². The summed E-state index contributed by atoms with van der Waals surface area (Å²) >= 11 is 0. The van der Waals surface area contributed by atoms with Gasteiger partial charge in [0.15, 0.2) is 5.69 Å². The lowest BCUT2D eigenvalue weighted by atomic mass is 10.0. The molecule has 5 heteroatoms. The van der Waals surface area contributed by atoms with Gasteiger partial charge in [0.1, 0.15) is 0 Å². The van der Waals surface area contributed by atoms with Crippen molar-refractivity contribution in [3.8, 4) is 28.3 Å². The van der Waals surface area contributed by atoms with Crippen molar-refractivity contribution in [2.75, 3.05) is 0 Å². The van der Waals surface area contributed by atoms with E-state index in [0.717, 1.165) is 61.4 Å². The predicted molar refractivity (Wildman–Crippen MR) is 219 cm³/mol. The molecule has 0 aliphatic heterocycles. The van der Waals surface area contributed by atoms with E-state index < -0.39 is 0 Å². The highest BCUT2D eigenvalue weighted by molar-refractivity contribution is 6.12. The van der Waals surface area contributed by atoms with Crippen LogP contribution in [0.5, 0.6) is 0 Å². The Morgan fingerprint density at radius 2 is 0.755 bits per heavy atom. The topological polar surface area (TPSA) is 32.0 Å². The number of pyridine rings is 1. The molecule has 0 saturated heterocycles. The van der Waals surface area contributed by atoms with Gasteiger partial charge in [-0.15, -0.1) is 0 Å². The van der Waals surface area contributed by atoms with E-state index in [1.165, 1.54) is 32.3 Å². The van der Waals surface area contributed by atoms with Crippen LogP contribution in [0.15, 0.2) is 176 Å². The van der Waals surface area contributed by atoms with Crippen LogP contribution in [0.3, 0.4) is 0 Å². The van der Waals surface area contributed by atoms with E-state index in [9.17, 15) is 0 Å². The molecule has 246 valence electrons. The second-order valence-electron chi connectivity index (χ2n) is 13.5. The molecule has 4 aromatic heterocycles.